The SMILES string of the molecule is CN1CCN(c2ccc(CNC(=O)COc3ccc(Cl)cc3)cn2)CC1. The summed E-state index contributed by atoms with van der Waals surface area (Å²) in [5.41, 5.74) is 0.961. The molecule has 1 amide bonds. The number of amides is 1. The van der Waals surface area contributed by atoms with Gasteiger partial charge in [0.2, 0.25) is 0 Å². The number of rotatable bonds is 6. The number of nitrogens with zero attached hydrogens (tertiary/aromatic N) is 3. The van der Waals surface area contributed by atoms with Crippen molar-refractivity contribution < 1.29 is 9.53 Å². The molecular formula is C19H23ClN4O2. The van der Waals surface area contributed by atoms with E-state index in [-0.39, 0.29) is 12.5 Å². The van der Waals surface area contributed by atoms with Gasteiger partial charge < -0.3 is 19.9 Å². The van der Waals surface area contributed by atoms with Crippen LogP contribution in [-0.2, 0) is 11.3 Å². The highest BCUT2D eigenvalue weighted by molar-refractivity contribution is 6.30. The summed E-state index contributed by atoms with van der Waals surface area (Å²) in [5, 5.41) is 3.47. The molecule has 26 heavy (non-hydrogen) atoms. The van der Waals surface area contributed by atoms with Crippen molar-refractivity contribution >= 4 is 23.3 Å². The number of benzene rings is 1. The van der Waals surface area contributed by atoms with Crippen molar-refractivity contribution in [3.05, 3.63) is 53.2 Å². The number of ether oxygens (including phenoxy) is 1. The molecule has 3 rings (SSSR count). The van der Waals surface area contributed by atoms with Gasteiger partial charge in [0.1, 0.15) is 11.6 Å². The third kappa shape index (κ3) is 5.34. The second-order valence-electron chi connectivity index (χ2n) is 6.33. The Kier molecular flexibility index (Phi) is 6.30. The average molecular weight is 375 g/mol. The fourth-order valence-corrected chi connectivity index (χ4v) is 2.80. The monoisotopic (exact) mass is 374 g/mol. The lowest BCUT2D eigenvalue weighted by atomic mass is 10.2. The fraction of sp³-hybridized carbons (Fsp3) is 0.368. The van der Waals surface area contributed by atoms with E-state index in [1.54, 1.807) is 24.3 Å². The van der Waals surface area contributed by atoms with Crippen LogP contribution in [0.15, 0.2) is 42.6 Å². The zero-order valence-electron chi connectivity index (χ0n) is 14.8. The molecular weight excluding hydrogens is 352 g/mol. The normalized spacial score (nSPS) is 14.9. The van der Waals surface area contributed by atoms with E-state index in [1.165, 1.54) is 0 Å². The van der Waals surface area contributed by atoms with Crippen LogP contribution in [0.2, 0.25) is 5.02 Å². The number of likely N-dealkylation sites (N-methyl/N-ethyl adjacent to an activating group) is 1. The van der Waals surface area contributed by atoms with E-state index in [9.17, 15) is 4.79 Å². The minimum absolute atomic E-state index is 0.0333. The lowest BCUT2D eigenvalue weighted by Gasteiger charge is -2.33. The minimum atomic E-state index is -0.178. The molecule has 1 aliphatic heterocycles. The first-order valence-electron chi connectivity index (χ1n) is 8.63. The number of hydrogen-bond acceptors (Lipinski definition) is 5. The van der Waals surface area contributed by atoms with Gasteiger partial charge in [0.05, 0.1) is 0 Å². The molecule has 1 aromatic carbocycles. The zero-order valence-corrected chi connectivity index (χ0v) is 15.6. The number of piperazine rings is 1. The minimum Gasteiger partial charge on any atom is -0.484 e. The molecule has 1 saturated heterocycles. The van der Waals surface area contributed by atoms with Crippen molar-refractivity contribution in [2.75, 3.05) is 44.7 Å². The van der Waals surface area contributed by atoms with E-state index in [1.807, 2.05) is 18.3 Å². The molecule has 138 valence electrons. The first kappa shape index (κ1) is 18.5. The fourth-order valence-electron chi connectivity index (χ4n) is 2.68. The molecule has 0 atom stereocenters. The Bertz CT molecular complexity index is 713. The van der Waals surface area contributed by atoms with Crippen molar-refractivity contribution in [1.82, 2.24) is 15.2 Å². The number of aromatic nitrogens is 1. The summed E-state index contributed by atoms with van der Waals surface area (Å²) < 4.78 is 5.42. The standard InChI is InChI=1S/C19H23ClN4O2/c1-23-8-10-24(11-9-23)18-7-2-15(12-21-18)13-22-19(25)14-26-17-5-3-16(20)4-6-17/h2-7,12H,8-11,13-14H2,1H3,(H,22,25). The van der Waals surface area contributed by atoms with Crippen LogP contribution in [0.25, 0.3) is 0 Å². The Morgan fingerprint density at radius 3 is 2.54 bits per heavy atom. The van der Waals surface area contributed by atoms with Gasteiger partial charge in [-0.3, -0.25) is 4.79 Å². The highest BCUT2D eigenvalue weighted by atomic mass is 35.5. The first-order chi connectivity index (χ1) is 12.6. The van der Waals surface area contributed by atoms with E-state index in [0.717, 1.165) is 37.6 Å². The van der Waals surface area contributed by atoms with Crippen LogP contribution in [0.1, 0.15) is 5.56 Å². The first-order valence-corrected chi connectivity index (χ1v) is 9.01. The summed E-state index contributed by atoms with van der Waals surface area (Å²) in [6.45, 7) is 4.47. The van der Waals surface area contributed by atoms with Crippen LogP contribution >= 0.6 is 11.6 Å². The van der Waals surface area contributed by atoms with Crippen LogP contribution < -0.4 is 15.0 Å². The molecule has 7 heteroatoms. The highest BCUT2D eigenvalue weighted by Crippen LogP contribution is 2.15. The van der Waals surface area contributed by atoms with Gasteiger partial charge in [-0.1, -0.05) is 17.7 Å². The molecule has 0 spiro atoms. The zero-order chi connectivity index (χ0) is 18.4. The highest BCUT2D eigenvalue weighted by Gasteiger charge is 2.15. The lowest BCUT2D eigenvalue weighted by Crippen LogP contribution is -2.44. The maximum atomic E-state index is 11.9. The molecule has 6 nitrogen and oxygen atoms in total. The van der Waals surface area contributed by atoms with Crippen molar-refractivity contribution in [2.24, 2.45) is 0 Å². The molecule has 0 saturated carbocycles. The van der Waals surface area contributed by atoms with E-state index < -0.39 is 0 Å². The van der Waals surface area contributed by atoms with Crippen LogP contribution in [0.3, 0.4) is 0 Å². The molecule has 1 fully saturated rings. The molecule has 2 aromatic rings. The Morgan fingerprint density at radius 1 is 1.15 bits per heavy atom. The quantitative estimate of drug-likeness (QED) is 0.839. The third-order valence-corrected chi connectivity index (χ3v) is 4.56. The second-order valence-corrected chi connectivity index (χ2v) is 6.77. The lowest BCUT2D eigenvalue weighted by molar-refractivity contribution is -0.123. The van der Waals surface area contributed by atoms with E-state index in [4.69, 9.17) is 16.3 Å². The number of carbonyl (C=O) groups is 1. The van der Waals surface area contributed by atoms with Gasteiger partial charge in [-0.25, -0.2) is 4.98 Å². The molecule has 0 unspecified atom stereocenters. The smallest absolute Gasteiger partial charge is 0.258 e. The molecule has 2 heterocycles. The average Bonchev–Trinajstić information content (AvgIpc) is 2.67. The van der Waals surface area contributed by atoms with Gasteiger partial charge in [0.25, 0.3) is 5.91 Å². The number of pyridine rings is 1. The van der Waals surface area contributed by atoms with Crippen molar-refractivity contribution in [3.63, 3.8) is 0 Å². The number of carbonyl (C=O) groups excluding carboxylic acids is 1. The summed E-state index contributed by atoms with van der Waals surface area (Å²) in [6.07, 6.45) is 1.81. The topological polar surface area (TPSA) is 57.7 Å². The molecule has 1 N–H and O–H groups in total. The van der Waals surface area contributed by atoms with Gasteiger partial charge in [0.15, 0.2) is 6.61 Å². The summed E-state index contributed by atoms with van der Waals surface area (Å²) >= 11 is 5.81. The molecule has 1 aliphatic rings. The molecule has 0 bridgehead atoms. The van der Waals surface area contributed by atoms with E-state index in [0.29, 0.717) is 17.3 Å². The Hall–Kier alpha value is -2.31. The van der Waals surface area contributed by atoms with Crippen LogP contribution in [-0.4, -0.2) is 55.6 Å². The molecule has 1 aromatic heterocycles. The van der Waals surface area contributed by atoms with Crippen LogP contribution in [0.5, 0.6) is 5.75 Å². The number of hydrogen-bond donors (Lipinski definition) is 1. The van der Waals surface area contributed by atoms with Gasteiger partial charge in [-0.2, -0.15) is 0 Å². The molecule has 0 aliphatic carbocycles. The maximum absolute atomic E-state index is 11.9. The van der Waals surface area contributed by atoms with E-state index in [2.05, 4.69) is 27.1 Å². The van der Waals surface area contributed by atoms with Gasteiger partial charge in [-0.05, 0) is 42.9 Å². The Morgan fingerprint density at radius 2 is 1.88 bits per heavy atom. The van der Waals surface area contributed by atoms with E-state index >= 15 is 0 Å². The predicted octanol–water partition coefficient (Wildman–Crippen LogP) is 2.18. The number of anilines is 1. The Labute approximate surface area is 158 Å². The van der Waals surface area contributed by atoms with Crippen molar-refractivity contribution in [1.29, 1.82) is 0 Å². The van der Waals surface area contributed by atoms with Gasteiger partial charge in [0, 0.05) is 43.9 Å². The largest absolute Gasteiger partial charge is 0.484 e. The van der Waals surface area contributed by atoms with Crippen molar-refractivity contribution in [2.45, 2.75) is 6.54 Å². The third-order valence-electron chi connectivity index (χ3n) is 4.31. The second kappa shape index (κ2) is 8.87. The van der Waals surface area contributed by atoms with Crippen molar-refractivity contribution in [3.8, 4) is 5.75 Å². The summed E-state index contributed by atoms with van der Waals surface area (Å²) in [4.78, 5) is 21.0. The maximum Gasteiger partial charge on any atom is 0.258 e. The van der Waals surface area contributed by atoms with Gasteiger partial charge >= 0.3 is 0 Å². The number of halogens is 1. The van der Waals surface area contributed by atoms with Crippen LogP contribution in [0, 0.1) is 0 Å². The Balaban J connectivity index is 1.42. The predicted molar refractivity (Wildman–Crippen MR) is 103 cm³/mol. The summed E-state index contributed by atoms with van der Waals surface area (Å²) in [5.74, 6) is 1.42. The van der Waals surface area contributed by atoms with Gasteiger partial charge in [-0.15, -0.1) is 0 Å². The molecule has 0 radical (unpaired) electrons. The summed E-state index contributed by atoms with van der Waals surface area (Å²) in [7, 11) is 2.13. The van der Waals surface area contributed by atoms with Crippen LogP contribution in [0.4, 0.5) is 5.82 Å². The number of nitrogens with one attached hydrogen (secondary N) is 1. The summed E-state index contributed by atoms with van der Waals surface area (Å²) in [6, 6.07) is 10.9.